The molecule has 0 aromatic heterocycles. The molecule has 0 aliphatic heterocycles. The van der Waals surface area contributed by atoms with Crippen LogP contribution in [0.3, 0.4) is 0 Å². The average molecular weight is 244 g/mol. The highest BCUT2D eigenvalue weighted by atomic mass is 32.2. The molecule has 0 atom stereocenters. The number of carbonyl (C=O) groups excluding carboxylic acids is 1. The van der Waals surface area contributed by atoms with Crippen LogP contribution in [0.2, 0.25) is 0 Å². The van der Waals surface area contributed by atoms with Gasteiger partial charge >= 0.3 is 5.97 Å². The van der Waals surface area contributed by atoms with Crippen molar-refractivity contribution in [3.63, 3.8) is 0 Å². The lowest BCUT2D eigenvalue weighted by molar-refractivity contribution is 0.0528. The summed E-state index contributed by atoms with van der Waals surface area (Å²) in [6.45, 7) is 1.47. The third-order valence-electron chi connectivity index (χ3n) is 1.83. The molecule has 1 N–H and O–H groups in total. The molecule has 0 fully saturated rings. The second-order valence-electron chi connectivity index (χ2n) is 3.29. The third kappa shape index (κ3) is 4.41. The third-order valence-corrected chi connectivity index (χ3v) is 2.51. The zero-order valence-corrected chi connectivity index (χ0v) is 9.53. The Balaban J connectivity index is 2.54. The highest BCUT2D eigenvalue weighted by Crippen LogP contribution is 2.05. The Labute approximate surface area is 93.8 Å². The molecule has 5 nitrogen and oxygen atoms in total. The molecule has 1 rings (SSSR count). The van der Waals surface area contributed by atoms with Crippen LogP contribution in [0, 0.1) is 6.92 Å². The second-order valence-corrected chi connectivity index (χ2v) is 4.86. The minimum atomic E-state index is -4.09. The molecule has 0 unspecified atom stereocenters. The number of benzene rings is 1. The SMILES string of the molecule is Cc1cccc(C(=O)OCCS(=O)(=O)O)c1. The van der Waals surface area contributed by atoms with Crippen LogP contribution in [-0.2, 0) is 14.9 Å². The molecule has 0 spiro atoms. The molecule has 0 aliphatic rings. The van der Waals surface area contributed by atoms with Crippen molar-refractivity contribution in [1.82, 2.24) is 0 Å². The van der Waals surface area contributed by atoms with E-state index in [-0.39, 0.29) is 6.61 Å². The maximum atomic E-state index is 11.4. The summed E-state index contributed by atoms with van der Waals surface area (Å²) in [5.74, 6) is -1.20. The van der Waals surface area contributed by atoms with Crippen LogP contribution < -0.4 is 0 Å². The van der Waals surface area contributed by atoms with Gasteiger partial charge in [0.1, 0.15) is 12.4 Å². The van der Waals surface area contributed by atoms with E-state index in [1.54, 1.807) is 18.2 Å². The van der Waals surface area contributed by atoms with Gasteiger partial charge in [0.15, 0.2) is 0 Å². The average Bonchev–Trinajstić information content (AvgIpc) is 2.15. The molecule has 0 radical (unpaired) electrons. The molecule has 0 saturated heterocycles. The van der Waals surface area contributed by atoms with E-state index < -0.39 is 21.8 Å². The number of aryl methyl sites for hydroxylation is 1. The van der Waals surface area contributed by atoms with Crippen LogP contribution in [-0.4, -0.2) is 31.3 Å². The lowest BCUT2D eigenvalue weighted by Crippen LogP contribution is -2.14. The van der Waals surface area contributed by atoms with Crippen LogP contribution in [0.4, 0.5) is 0 Å². The van der Waals surface area contributed by atoms with Crippen molar-refractivity contribution in [1.29, 1.82) is 0 Å². The number of hydrogen-bond donors (Lipinski definition) is 1. The number of carbonyl (C=O) groups is 1. The smallest absolute Gasteiger partial charge is 0.338 e. The summed E-state index contributed by atoms with van der Waals surface area (Å²) in [6, 6.07) is 6.74. The quantitative estimate of drug-likeness (QED) is 0.632. The van der Waals surface area contributed by atoms with Gasteiger partial charge in [-0.05, 0) is 19.1 Å². The van der Waals surface area contributed by atoms with Crippen LogP contribution in [0.5, 0.6) is 0 Å². The Morgan fingerprint density at radius 2 is 2.12 bits per heavy atom. The van der Waals surface area contributed by atoms with E-state index in [1.165, 1.54) is 0 Å². The number of esters is 1. The Hall–Kier alpha value is -1.40. The fraction of sp³-hybridized carbons (Fsp3) is 0.300. The summed E-state index contributed by atoms with van der Waals surface area (Å²) in [5.41, 5.74) is 1.26. The largest absolute Gasteiger partial charge is 0.461 e. The van der Waals surface area contributed by atoms with Gasteiger partial charge in [-0.25, -0.2) is 4.79 Å². The molecule has 0 bridgehead atoms. The van der Waals surface area contributed by atoms with Crippen LogP contribution in [0.15, 0.2) is 24.3 Å². The van der Waals surface area contributed by atoms with E-state index >= 15 is 0 Å². The molecule has 88 valence electrons. The number of hydrogen-bond acceptors (Lipinski definition) is 4. The Kier molecular flexibility index (Phi) is 4.03. The Morgan fingerprint density at radius 1 is 1.44 bits per heavy atom. The van der Waals surface area contributed by atoms with Gasteiger partial charge in [0, 0.05) is 0 Å². The number of ether oxygens (including phenoxy) is 1. The van der Waals surface area contributed by atoms with Crippen molar-refractivity contribution in [3.8, 4) is 0 Å². The lowest BCUT2D eigenvalue weighted by atomic mass is 10.1. The van der Waals surface area contributed by atoms with Crippen LogP contribution in [0.25, 0.3) is 0 Å². The van der Waals surface area contributed by atoms with Gasteiger partial charge in [0.2, 0.25) is 0 Å². The molecule has 6 heteroatoms. The monoisotopic (exact) mass is 244 g/mol. The molecular formula is C10H12O5S. The highest BCUT2D eigenvalue weighted by Gasteiger charge is 2.09. The molecule has 1 aromatic rings. The van der Waals surface area contributed by atoms with Gasteiger partial charge < -0.3 is 4.74 Å². The van der Waals surface area contributed by atoms with Crippen molar-refractivity contribution >= 4 is 16.1 Å². The normalized spacial score (nSPS) is 11.1. The minimum absolute atomic E-state index is 0.356. The molecule has 16 heavy (non-hydrogen) atoms. The van der Waals surface area contributed by atoms with Gasteiger partial charge in [0.25, 0.3) is 10.1 Å². The second kappa shape index (κ2) is 5.09. The first kappa shape index (κ1) is 12.7. The van der Waals surface area contributed by atoms with Crippen molar-refractivity contribution in [2.75, 3.05) is 12.4 Å². The summed E-state index contributed by atoms with van der Waals surface area (Å²) in [5, 5.41) is 0. The Bertz CT molecular complexity index is 478. The van der Waals surface area contributed by atoms with E-state index in [1.807, 2.05) is 13.0 Å². The summed E-state index contributed by atoms with van der Waals surface area (Å²) >= 11 is 0. The standard InChI is InChI=1S/C10H12O5S/c1-8-3-2-4-9(7-8)10(11)15-5-6-16(12,13)14/h2-4,7H,5-6H2,1H3,(H,12,13,14). The highest BCUT2D eigenvalue weighted by molar-refractivity contribution is 7.85. The fourth-order valence-electron chi connectivity index (χ4n) is 1.10. The lowest BCUT2D eigenvalue weighted by Gasteiger charge is -2.03. The summed E-state index contributed by atoms with van der Waals surface area (Å²) < 4.78 is 33.8. The van der Waals surface area contributed by atoms with Crippen molar-refractivity contribution in [3.05, 3.63) is 35.4 Å². The number of rotatable bonds is 4. The zero-order chi connectivity index (χ0) is 12.2. The van der Waals surface area contributed by atoms with Crippen molar-refractivity contribution < 1.29 is 22.5 Å². The fourth-order valence-corrected chi connectivity index (χ4v) is 1.39. The molecule has 0 aliphatic carbocycles. The minimum Gasteiger partial charge on any atom is -0.461 e. The van der Waals surface area contributed by atoms with E-state index in [0.717, 1.165) is 5.56 Å². The van der Waals surface area contributed by atoms with Gasteiger partial charge in [-0.15, -0.1) is 0 Å². The summed E-state index contributed by atoms with van der Waals surface area (Å²) in [4.78, 5) is 11.4. The van der Waals surface area contributed by atoms with Crippen molar-refractivity contribution in [2.24, 2.45) is 0 Å². The van der Waals surface area contributed by atoms with Crippen LogP contribution >= 0.6 is 0 Å². The van der Waals surface area contributed by atoms with Gasteiger partial charge in [-0.3, -0.25) is 4.55 Å². The van der Waals surface area contributed by atoms with E-state index in [0.29, 0.717) is 5.56 Å². The molecule has 0 amide bonds. The van der Waals surface area contributed by atoms with Gasteiger partial charge in [-0.2, -0.15) is 8.42 Å². The van der Waals surface area contributed by atoms with Crippen LogP contribution in [0.1, 0.15) is 15.9 Å². The molecule has 0 saturated carbocycles. The van der Waals surface area contributed by atoms with E-state index in [2.05, 4.69) is 4.74 Å². The summed E-state index contributed by atoms with van der Waals surface area (Å²) in [7, 11) is -4.09. The summed E-state index contributed by atoms with van der Waals surface area (Å²) in [6.07, 6.45) is 0. The van der Waals surface area contributed by atoms with Gasteiger partial charge in [-0.1, -0.05) is 17.7 Å². The predicted molar refractivity (Wildman–Crippen MR) is 57.9 cm³/mol. The van der Waals surface area contributed by atoms with Gasteiger partial charge in [0.05, 0.1) is 5.56 Å². The first-order valence-electron chi connectivity index (χ1n) is 4.57. The Morgan fingerprint density at radius 3 is 2.69 bits per heavy atom. The maximum Gasteiger partial charge on any atom is 0.338 e. The molecule has 1 aromatic carbocycles. The van der Waals surface area contributed by atoms with E-state index in [4.69, 9.17) is 4.55 Å². The topological polar surface area (TPSA) is 80.7 Å². The zero-order valence-electron chi connectivity index (χ0n) is 8.71. The molecular weight excluding hydrogens is 232 g/mol. The van der Waals surface area contributed by atoms with E-state index in [9.17, 15) is 13.2 Å². The first-order valence-corrected chi connectivity index (χ1v) is 6.18. The van der Waals surface area contributed by atoms with Crippen molar-refractivity contribution in [2.45, 2.75) is 6.92 Å². The predicted octanol–water partition coefficient (Wildman–Crippen LogP) is 1.04. The molecule has 0 heterocycles. The first-order chi connectivity index (χ1) is 7.38. The maximum absolute atomic E-state index is 11.4.